The Morgan fingerprint density at radius 1 is 1.19 bits per heavy atom. The molecule has 1 saturated heterocycles. The lowest BCUT2D eigenvalue weighted by Gasteiger charge is -2.29. The molecule has 1 aliphatic rings. The molecule has 5 heteroatoms. The second kappa shape index (κ2) is 6.63. The number of piperidine rings is 1. The van der Waals surface area contributed by atoms with E-state index in [4.69, 9.17) is 0 Å². The first kappa shape index (κ1) is 13.9. The summed E-state index contributed by atoms with van der Waals surface area (Å²) >= 11 is 0. The van der Waals surface area contributed by atoms with Crippen molar-refractivity contribution in [3.05, 3.63) is 48.3 Å². The van der Waals surface area contributed by atoms with Crippen LogP contribution < -0.4 is 5.32 Å². The Kier molecular flexibility index (Phi) is 4.40. The van der Waals surface area contributed by atoms with Gasteiger partial charge in [0, 0.05) is 11.5 Å². The maximum atomic E-state index is 12.9. The third-order valence-electron chi connectivity index (χ3n) is 4.17. The van der Waals surface area contributed by atoms with E-state index in [1.807, 2.05) is 30.3 Å². The first-order valence-corrected chi connectivity index (χ1v) is 7.48. The Hall–Kier alpha value is -2.01. The van der Waals surface area contributed by atoms with E-state index in [1.54, 1.807) is 17.2 Å². The van der Waals surface area contributed by atoms with E-state index in [0.29, 0.717) is 12.5 Å². The molecule has 2 aromatic rings. The molecule has 1 aromatic carbocycles. The molecule has 0 saturated carbocycles. The number of hydrogen-bond acceptors (Lipinski definition) is 4. The van der Waals surface area contributed by atoms with Crippen LogP contribution in [0.3, 0.4) is 0 Å². The smallest absolute Gasteiger partial charge is 0.168 e. The predicted molar refractivity (Wildman–Crippen MR) is 79.9 cm³/mol. The highest BCUT2D eigenvalue weighted by molar-refractivity contribution is 5.97. The van der Waals surface area contributed by atoms with Crippen LogP contribution in [0, 0.1) is 11.8 Å². The number of aromatic nitrogens is 3. The summed E-state index contributed by atoms with van der Waals surface area (Å²) < 4.78 is 0. The van der Waals surface area contributed by atoms with Crippen LogP contribution in [0.25, 0.3) is 0 Å². The monoisotopic (exact) mass is 284 g/mol. The Labute approximate surface area is 124 Å². The fraction of sp³-hybridized carbons (Fsp3) is 0.438. The molecule has 1 aliphatic heterocycles. The quantitative estimate of drug-likeness (QED) is 0.850. The molecule has 1 N–H and O–H groups in total. The Bertz CT molecular complexity index is 561. The zero-order chi connectivity index (χ0) is 14.5. The molecule has 2 heterocycles. The van der Waals surface area contributed by atoms with Gasteiger partial charge in [0.15, 0.2) is 5.78 Å². The van der Waals surface area contributed by atoms with Gasteiger partial charge in [-0.15, -0.1) is 0 Å². The predicted octanol–water partition coefficient (Wildman–Crippen LogP) is 1.78. The van der Waals surface area contributed by atoms with Crippen molar-refractivity contribution in [1.82, 2.24) is 20.3 Å². The second-order valence-corrected chi connectivity index (χ2v) is 5.51. The first-order chi connectivity index (χ1) is 10.3. The van der Waals surface area contributed by atoms with Gasteiger partial charge in [0.25, 0.3) is 0 Å². The van der Waals surface area contributed by atoms with Crippen LogP contribution in [-0.4, -0.2) is 33.9 Å². The van der Waals surface area contributed by atoms with Gasteiger partial charge < -0.3 is 5.32 Å². The molecular weight excluding hydrogens is 264 g/mol. The molecule has 21 heavy (non-hydrogen) atoms. The second-order valence-electron chi connectivity index (χ2n) is 5.51. The third kappa shape index (κ3) is 3.36. The minimum absolute atomic E-state index is 0.0538. The van der Waals surface area contributed by atoms with E-state index < -0.39 is 0 Å². The van der Waals surface area contributed by atoms with Crippen LogP contribution in [0.1, 0.15) is 23.2 Å². The van der Waals surface area contributed by atoms with Crippen molar-refractivity contribution in [2.24, 2.45) is 11.8 Å². The van der Waals surface area contributed by atoms with Gasteiger partial charge in [-0.2, -0.15) is 15.0 Å². The topological polar surface area (TPSA) is 59.8 Å². The number of carbonyl (C=O) groups is 1. The van der Waals surface area contributed by atoms with Crippen molar-refractivity contribution in [2.75, 3.05) is 13.1 Å². The average molecular weight is 284 g/mol. The molecule has 1 atom stereocenters. The van der Waals surface area contributed by atoms with Gasteiger partial charge in [-0.3, -0.25) is 4.79 Å². The molecule has 1 aromatic heterocycles. The summed E-state index contributed by atoms with van der Waals surface area (Å²) in [4.78, 5) is 14.5. The average Bonchev–Trinajstić information content (AvgIpc) is 3.07. The number of rotatable bonds is 5. The van der Waals surface area contributed by atoms with Crippen molar-refractivity contribution in [1.29, 1.82) is 0 Å². The van der Waals surface area contributed by atoms with Gasteiger partial charge in [-0.1, -0.05) is 30.3 Å². The van der Waals surface area contributed by atoms with E-state index >= 15 is 0 Å². The molecule has 3 rings (SSSR count). The SMILES string of the molecule is O=C(c1ccccc1)C(Cn1nccn1)C1CCNCC1. The molecule has 0 radical (unpaired) electrons. The molecule has 0 spiro atoms. The van der Waals surface area contributed by atoms with Crippen LogP contribution in [0.5, 0.6) is 0 Å². The van der Waals surface area contributed by atoms with Crippen molar-refractivity contribution < 1.29 is 4.79 Å². The van der Waals surface area contributed by atoms with Crippen molar-refractivity contribution in [2.45, 2.75) is 19.4 Å². The minimum Gasteiger partial charge on any atom is -0.317 e. The Balaban J connectivity index is 1.82. The molecule has 5 nitrogen and oxygen atoms in total. The van der Waals surface area contributed by atoms with Crippen LogP contribution in [0.2, 0.25) is 0 Å². The summed E-state index contributed by atoms with van der Waals surface area (Å²) in [5.74, 6) is 0.548. The summed E-state index contributed by atoms with van der Waals surface area (Å²) in [6, 6.07) is 9.56. The molecule has 0 aliphatic carbocycles. The van der Waals surface area contributed by atoms with Crippen molar-refractivity contribution in [3.63, 3.8) is 0 Å². The number of nitrogens with one attached hydrogen (secondary N) is 1. The number of carbonyl (C=O) groups excluding carboxylic acids is 1. The fourth-order valence-corrected chi connectivity index (χ4v) is 3.02. The highest BCUT2D eigenvalue weighted by Crippen LogP contribution is 2.26. The third-order valence-corrected chi connectivity index (χ3v) is 4.17. The Morgan fingerprint density at radius 2 is 1.86 bits per heavy atom. The minimum atomic E-state index is -0.0538. The van der Waals surface area contributed by atoms with Crippen LogP contribution in [0.4, 0.5) is 0 Å². The van der Waals surface area contributed by atoms with Gasteiger partial charge in [0.1, 0.15) is 0 Å². The molecule has 0 amide bonds. The van der Waals surface area contributed by atoms with Gasteiger partial charge in [-0.25, -0.2) is 0 Å². The molecule has 110 valence electrons. The Morgan fingerprint density at radius 3 is 2.52 bits per heavy atom. The maximum Gasteiger partial charge on any atom is 0.168 e. The van der Waals surface area contributed by atoms with Crippen LogP contribution in [-0.2, 0) is 6.54 Å². The summed E-state index contributed by atoms with van der Waals surface area (Å²) in [6.07, 6.45) is 5.38. The summed E-state index contributed by atoms with van der Waals surface area (Å²) in [6.45, 7) is 2.52. The lowest BCUT2D eigenvalue weighted by Crippen LogP contribution is -2.37. The lowest BCUT2D eigenvalue weighted by molar-refractivity contribution is 0.0817. The van der Waals surface area contributed by atoms with E-state index in [0.717, 1.165) is 31.5 Å². The number of Topliss-reactive ketones (excluding diaryl/α,β-unsaturated/α-hetero) is 1. The van der Waals surface area contributed by atoms with E-state index in [2.05, 4.69) is 15.5 Å². The summed E-state index contributed by atoms with van der Waals surface area (Å²) in [5, 5.41) is 11.7. The highest BCUT2D eigenvalue weighted by Gasteiger charge is 2.30. The number of hydrogen-bond donors (Lipinski definition) is 1. The van der Waals surface area contributed by atoms with Crippen LogP contribution >= 0.6 is 0 Å². The normalized spacial score (nSPS) is 17.5. The fourth-order valence-electron chi connectivity index (χ4n) is 3.02. The zero-order valence-electron chi connectivity index (χ0n) is 12.0. The molecule has 1 fully saturated rings. The number of benzene rings is 1. The molecule has 0 bridgehead atoms. The number of ketones is 1. The van der Waals surface area contributed by atoms with Crippen LogP contribution in [0.15, 0.2) is 42.7 Å². The standard InChI is InChI=1S/C16H20N4O/c21-16(14-4-2-1-3-5-14)15(12-20-18-10-11-19-20)13-6-8-17-9-7-13/h1-5,10-11,13,15,17H,6-9,12H2. The van der Waals surface area contributed by atoms with Gasteiger partial charge in [-0.05, 0) is 31.8 Å². The first-order valence-electron chi connectivity index (χ1n) is 7.48. The maximum absolute atomic E-state index is 12.9. The van der Waals surface area contributed by atoms with Gasteiger partial charge in [0.05, 0.1) is 18.9 Å². The van der Waals surface area contributed by atoms with Crippen molar-refractivity contribution >= 4 is 5.78 Å². The zero-order valence-corrected chi connectivity index (χ0v) is 12.0. The van der Waals surface area contributed by atoms with Crippen molar-refractivity contribution in [3.8, 4) is 0 Å². The van der Waals surface area contributed by atoms with E-state index in [1.165, 1.54) is 0 Å². The van der Waals surface area contributed by atoms with Gasteiger partial charge >= 0.3 is 0 Å². The van der Waals surface area contributed by atoms with E-state index in [9.17, 15) is 4.79 Å². The van der Waals surface area contributed by atoms with E-state index in [-0.39, 0.29) is 11.7 Å². The lowest BCUT2D eigenvalue weighted by atomic mass is 9.80. The highest BCUT2D eigenvalue weighted by atomic mass is 16.1. The molecule has 1 unspecified atom stereocenters. The molecular formula is C16H20N4O. The number of nitrogens with zero attached hydrogens (tertiary/aromatic N) is 3. The summed E-state index contributed by atoms with van der Waals surface area (Å²) in [5.41, 5.74) is 0.785. The largest absolute Gasteiger partial charge is 0.317 e. The van der Waals surface area contributed by atoms with Gasteiger partial charge in [0.2, 0.25) is 0 Å². The summed E-state index contributed by atoms with van der Waals surface area (Å²) in [7, 11) is 0.